The van der Waals surface area contributed by atoms with E-state index < -0.39 is 0 Å². The number of rotatable bonds is 1. The molecule has 0 amide bonds. The first-order valence-electron chi connectivity index (χ1n) is 5.46. The molecule has 2 heteroatoms. The van der Waals surface area contributed by atoms with E-state index in [0.717, 1.165) is 0 Å². The van der Waals surface area contributed by atoms with Crippen LogP contribution in [0.4, 0.5) is 0 Å². The second kappa shape index (κ2) is 3.27. The van der Waals surface area contributed by atoms with Gasteiger partial charge in [-0.2, -0.15) is 0 Å². The minimum absolute atomic E-state index is 1.21. The molecule has 0 atom stereocenters. The summed E-state index contributed by atoms with van der Waals surface area (Å²) in [6, 6.07) is 12.6. The lowest BCUT2D eigenvalue weighted by Gasteiger charge is -2.02. The molecule has 0 saturated heterocycles. The molecule has 0 saturated carbocycles. The van der Waals surface area contributed by atoms with Gasteiger partial charge in [0.1, 0.15) is 0 Å². The molecule has 3 aromatic rings. The van der Waals surface area contributed by atoms with Crippen molar-refractivity contribution in [2.75, 3.05) is 0 Å². The SMILES string of the molecule is Cc1c2ccn(-c3ccccc3)c2cn1C. The highest BCUT2D eigenvalue weighted by Gasteiger charge is 2.07. The van der Waals surface area contributed by atoms with Crippen LogP contribution in [-0.2, 0) is 7.05 Å². The van der Waals surface area contributed by atoms with Gasteiger partial charge < -0.3 is 9.13 Å². The fourth-order valence-corrected chi connectivity index (χ4v) is 2.17. The molecule has 0 radical (unpaired) electrons. The Labute approximate surface area is 94.7 Å². The maximum absolute atomic E-state index is 2.22. The number of nitrogens with zero attached hydrogens (tertiary/aromatic N) is 2. The van der Waals surface area contributed by atoms with Crippen molar-refractivity contribution < 1.29 is 0 Å². The summed E-state index contributed by atoms with van der Waals surface area (Å²) in [7, 11) is 2.09. The van der Waals surface area contributed by atoms with Crippen LogP contribution in [0.2, 0.25) is 0 Å². The summed E-state index contributed by atoms with van der Waals surface area (Å²) in [6.07, 6.45) is 4.31. The quantitative estimate of drug-likeness (QED) is 0.583. The van der Waals surface area contributed by atoms with Gasteiger partial charge in [-0.1, -0.05) is 18.2 Å². The molecule has 2 aromatic heterocycles. The summed E-state index contributed by atoms with van der Waals surface area (Å²) >= 11 is 0. The summed E-state index contributed by atoms with van der Waals surface area (Å²) in [5.74, 6) is 0. The minimum Gasteiger partial charge on any atom is -0.352 e. The lowest BCUT2D eigenvalue weighted by molar-refractivity contribution is 0.885. The topological polar surface area (TPSA) is 9.86 Å². The third-order valence-corrected chi connectivity index (χ3v) is 3.19. The molecule has 2 heterocycles. The van der Waals surface area contributed by atoms with Crippen LogP contribution in [0.25, 0.3) is 16.6 Å². The summed E-state index contributed by atoms with van der Waals surface area (Å²) in [5, 5.41) is 1.33. The lowest BCUT2D eigenvalue weighted by atomic mass is 10.3. The van der Waals surface area contributed by atoms with Gasteiger partial charge in [-0.3, -0.25) is 0 Å². The van der Waals surface area contributed by atoms with Crippen LogP contribution in [-0.4, -0.2) is 9.13 Å². The molecule has 16 heavy (non-hydrogen) atoms. The van der Waals surface area contributed by atoms with Crippen molar-refractivity contribution >= 4 is 10.9 Å². The van der Waals surface area contributed by atoms with Gasteiger partial charge in [0.05, 0.1) is 5.52 Å². The zero-order valence-electron chi connectivity index (χ0n) is 9.51. The first kappa shape index (κ1) is 9.28. The Kier molecular flexibility index (Phi) is 1.90. The zero-order valence-corrected chi connectivity index (χ0v) is 9.51. The lowest BCUT2D eigenvalue weighted by Crippen LogP contribution is -1.90. The maximum Gasteiger partial charge on any atom is 0.0708 e. The largest absolute Gasteiger partial charge is 0.352 e. The van der Waals surface area contributed by atoms with E-state index in [9.17, 15) is 0 Å². The Balaban J connectivity index is 2.29. The molecule has 3 rings (SSSR count). The van der Waals surface area contributed by atoms with Gasteiger partial charge in [-0.25, -0.2) is 0 Å². The number of fused-ring (bicyclic) bond motifs is 1. The number of para-hydroxylation sites is 1. The maximum atomic E-state index is 2.22. The summed E-state index contributed by atoms with van der Waals surface area (Å²) < 4.78 is 4.40. The second-order valence-electron chi connectivity index (χ2n) is 4.15. The first-order valence-corrected chi connectivity index (χ1v) is 5.46. The zero-order chi connectivity index (χ0) is 11.1. The number of aromatic nitrogens is 2. The van der Waals surface area contributed by atoms with Crippen molar-refractivity contribution in [3.05, 3.63) is 54.5 Å². The molecular weight excluding hydrogens is 196 g/mol. The number of benzene rings is 1. The van der Waals surface area contributed by atoms with E-state index in [1.165, 1.54) is 22.3 Å². The van der Waals surface area contributed by atoms with E-state index >= 15 is 0 Å². The van der Waals surface area contributed by atoms with Crippen molar-refractivity contribution in [3.63, 3.8) is 0 Å². The molecule has 0 fully saturated rings. The Morgan fingerprint density at radius 3 is 2.50 bits per heavy atom. The van der Waals surface area contributed by atoms with E-state index in [-0.39, 0.29) is 0 Å². The van der Waals surface area contributed by atoms with E-state index in [1.807, 2.05) is 6.07 Å². The van der Waals surface area contributed by atoms with Crippen molar-refractivity contribution in [1.29, 1.82) is 0 Å². The highest BCUT2D eigenvalue weighted by molar-refractivity contribution is 5.84. The molecule has 0 aliphatic carbocycles. The fraction of sp³-hybridized carbons (Fsp3) is 0.143. The molecule has 0 aliphatic heterocycles. The molecule has 80 valence electrons. The van der Waals surface area contributed by atoms with Crippen molar-refractivity contribution in [3.8, 4) is 5.69 Å². The number of hydrogen-bond donors (Lipinski definition) is 0. The van der Waals surface area contributed by atoms with Crippen molar-refractivity contribution in [2.45, 2.75) is 6.92 Å². The van der Waals surface area contributed by atoms with Crippen LogP contribution in [0.3, 0.4) is 0 Å². The Morgan fingerprint density at radius 2 is 1.75 bits per heavy atom. The molecule has 0 N–H and O–H groups in total. The highest BCUT2D eigenvalue weighted by atomic mass is 15.0. The smallest absolute Gasteiger partial charge is 0.0708 e. The van der Waals surface area contributed by atoms with Gasteiger partial charge in [0, 0.05) is 36.2 Å². The predicted octanol–water partition coefficient (Wildman–Crippen LogP) is 3.28. The second-order valence-corrected chi connectivity index (χ2v) is 4.15. The molecule has 1 aromatic carbocycles. The minimum atomic E-state index is 1.21. The summed E-state index contributed by atoms with van der Waals surface area (Å²) in [5.41, 5.74) is 3.79. The number of hydrogen-bond acceptors (Lipinski definition) is 0. The van der Waals surface area contributed by atoms with Crippen LogP contribution >= 0.6 is 0 Å². The van der Waals surface area contributed by atoms with Gasteiger partial charge in [0.15, 0.2) is 0 Å². The van der Waals surface area contributed by atoms with Gasteiger partial charge in [0.2, 0.25) is 0 Å². The standard InChI is InChI=1S/C14H14N2/c1-11-13-8-9-16(14(13)10-15(11)2)12-6-4-3-5-7-12/h3-10H,1-2H3. The molecule has 2 nitrogen and oxygen atoms in total. The average Bonchev–Trinajstić information content (AvgIpc) is 2.83. The summed E-state index contributed by atoms with van der Waals surface area (Å²) in [4.78, 5) is 0. The molecule has 0 spiro atoms. The van der Waals surface area contributed by atoms with Crippen LogP contribution in [0.15, 0.2) is 48.8 Å². The molecule has 0 bridgehead atoms. The van der Waals surface area contributed by atoms with Crippen LogP contribution in [0.5, 0.6) is 0 Å². The van der Waals surface area contributed by atoms with Crippen LogP contribution in [0, 0.1) is 6.92 Å². The molecule has 0 unspecified atom stereocenters. The highest BCUT2D eigenvalue weighted by Crippen LogP contribution is 2.24. The Hall–Kier alpha value is -1.96. The monoisotopic (exact) mass is 210 g/mol. The van der Waals surface area contributed by atoms with Gasteiger partial charge >= 0.3 is 0 Å². The van der Waals surface area contributed by atoms with Gasteiger partial charge in [-0.05, 0) is 25.1 Å². The van der Waals surface area contributed by atoms with Gasteiger partial charge in [0.25, 0.3) is 0 Å². The fourth-order valence-electron chi connectivity index (χ4n) is 2.17. The van der Waals surface area contributed by atoms with Crippen molar-refractivity contribution in [2.24, 2.45) is 7.05 Å². The van der Waals surface area contributed by atoms with Crippen LogP contribution in [0.1, 0.15) is 5.69 Å². The molecular formula is C14H14N2. The third kappa shape index (κ3) is 1.20. The van der Waals surface area contributed by atoms with E-state index in [2.05, 4.69) is 65.8 Å². The first-order chi connectivity index (χ1) is 7.77. The van der Waals surface area contributed by atoms with Crippen LogP contribution < -0.4 is 0 Å². The Morgan fingerprint density at radius 1 is 1.00 bits per heavy atom. The van der Waals surface area contributed by atoms with Gasteiger partial charge in [-0.15, -0.1) is 0 Å². The predicted molar refractivity (Wildman–Crippen MR) is 67.0 cm³/mol. The van der Waals surface area contributed by atoms with E-state index in [1.54, 1.807) is 0 Å². The number of aryl methyl sites for hydroxylation is 2. The van der Waals surface area contributed by atoms with E-state index in [0.29, 0.717) is 0 Å². The summed E-state index contributed by atoms with van der Waals surface area (Å²) in [6.45, 7) is 2.15. The molecule has 0 aliphatic rings. The van der Waals surface area contributed by atoms with Crippen molar-refractivity contribution in [1.82, 2.24) is 9.13 Å². The average molecular weight is 210 g/mol. The van der Waals surface area contributed by atoms with E-state index in [4.69, 9.17) is 0 Å². The Bertz CT molecular complexity index is 629. The normalized spacial score (nSPS) is 11.1. The third-order valence-electron chi connectivity index (χ3n) is 3.19.